The Hall–Kier alpha value is -0.950. The maximum Gasteiger partial charge on any atom is 0.137 e. The van der Waals surface area contributed by atoms with Gasteiger partial charge < -0.3 is 4.74 Å². The molecule has 0 aliphatic rings. The van der Waals surface area contributed by atoms with E-state index >= 15 is 0 Å². The molecule has 0 bridgehead atoms. The van der Waals surface area contributed by atoms with E-state index in [1.807, 2.05) is 31.5 Å². The lowest BCUT2D eigenvalue weighted by Crippen LogP contribution is -1.92. The Kier molecular flexibility index (Phi) is 3.84. The van der Waals surface area contributed by atoms with Crippen molar-refractivity contribution < 1.29 is 4.74 Å². The van der Waals surface area contributed by atoms with Crippen LogP contribution in [0.1, 0.15) is 12.5 Å². The minimum Gasteiger partial charge on any atom is -0.492 e. The first-order chi connectivity index (χ1) is 6.27. The van der Waals surface area contributed by atoms with Gasteiger partial charge in [0.15, 0.2) is 0 Å². The highest BCUT2D eigenvalue weighted by molar-refractivity contribution is 6.32. The van der Waals surface area contributed by atoms with Crippen LogP contribution in [0.25, 0.3) is 0 Å². The molecular formula is C11H12ClO. The Morgan fingerprint density at radius 1 is 1.54 bits per heavy atom. The molecule has 0 fully saturated rings. The van der Waals surface area contributed by atoms with E-state index in [1.165, 1.54) is 0 Å². The highest BCUT2D eigenvalue weighted by Gasteiger charge is 2.00. The van der Waals surface area contributed by atoms with Crippen LogP contribution in [0.4, 0.5) is 0 Å². The van der Waals surface area contributed by atoms with Crippen molar-refractivity contribution >= 4 is 11.6 Å². The molecule has 1 nitrogen and oxygen atoms in total. The second-order valence-corrected chi connectivity index (χ2v) is 2.93. The molecule has 0 heterocycles. The Morgan fingerprint density at radius 2 is 2.31 bits per heavy atom. The van der Waals surface area contributed by atoms with E-state index in [-0.39, 0.29) is 0 Å². The van der Waals surface area contributed by atoms with Crippen LogP contribution < -0.4 is 4.74 Å². The number of ether oxygens (including phenoxy) is 1. The quantitative estimate of drug-likeness (QED) is 0.715. The van der Waals surface area contributed by atoms with Gasteiger partial charge in [-0.15, -0.1) is 6.58 Å². The largest absolute Gasteiger partial charge is 0.492 e. The second kappa shape index (κ2) is 4.93. The van der Waals surface area contributed by atoms with Gasteiger partial charge in [-0.3, -0.25) is 0 Å². The fourth-order valence-electron chi connectivity index (χ4n) is 1.03. The van der Waals surface area contributed by atoms with Crippen LogP contribution in [0.2, 0.25) is 5.02 Å². The van der Waals surface area contributed by atoms with E-state index in [0.717, 1.165) is 11.3 Å². The van der Waals surface area contributed by atoms with Crippen molar-refractivity contribution in [1.29, 1.82) is 0 Å². The van der Waals surface area contributed by atoms with E-state index in [4.69, 9.17) is 16.3 Å². The molecule has 13 heavy (non-hydrogen) atoms. The van der Waals surface area contributed by atoms with E-state index in [9.17, 15) is 0 Å². The topological polar surface area (TPSA) is 9.23 Å². The molecule has 0 aliphatic carbocycles. The van der Waals surface area contributed by atoms with Gasteiger partial charge in [0.05, 0.1) is 11.6 Å². The predicted octanol–water partition coefficient (Wildman–Crippen LogP) is 3.48. The normalized spacial score (nSPS) is 9.69. The summed E-state index contributed by atoms with van der Waals surface area (Å²) in [4.78, 5) is 0. The highest BCUT2D eigenvalue weighted by Crippen LogP contribution is 2.25. The van der Waals surface area contributed by atoms with Gasteiger partial charge in [0.1, 0.15) is 5.75 Å². The molecule has 0 aliphatic heterocycles. The number of halogens is 1. The van der Waals surface area contributed by atoms with Gasteiger partial charge in [-0.05, 0) is 24.6 Å². The number of benzene rings is 1. The molecule has 1 aromatic carbocycles. The van der Waals surface area contributed by atoms with Gasteiger partial charge in [-0.25, -0.2) is 0 Å². The molecule has 0 saturated heterocycles. The van der Waals surface area contributed by atoms with Crippen molar-refractivity contribution in [3.63, 3.8) is 0 Å². The third-order valence-corrected chi connectivity index (χ3v) is 1.86. The van der Waals surface area contributed by atoms with Crippen molar-refractivity contribution in [1.82, 2.24) is 0 Å². The molecule has 0 spiro atoms. The predicted molar refractivity (Wildman–Crippen MR) is 56.2 cm³/mol. The maximum atomic E-state index is 5.96. The summed E-state index contributed by atoms with van der Waals surface area (Å²) in [5, 5.41) is 0.637. The van der Waals surface area contributed by atoms with Crippen LogP contribution in [0, 0.1) is 6.42 Å². The average Bonchev–Trinajstić information content (AvgIpc) is 2.10. The number of rotatable bonds is 4. The minimum atomic E-state index is 0.629. The van der Waals surface area contributed by atoms with Crippen LogP contribution in [0.3, 0.4) is 0 Å². The fourth-order valence-corrected chi connectivity index (χ4v) is 1.27. The Balaban J connectivity index is 2.84. The fraction of sp³-hybridized carbons (Fsp3) is 0.182. The SMILES string of the molecule is C=C[CH]c1ccc(OCC)c(Cl)c1. The molecule has 0 unspecified atom stereocenters. The first-order valence-corrected chi connectivity index (χ1v) is 4.54. The van der Waals surface area contributed by atoms with Gasteiger partial charge in [-0.2, -0.15) is 0 Å². The van der Waals surface area contributed by atoms with Crippen molar-refractivity contribution in [2.45, 2.75) is 6.92 Å². The summed E-state index contributed by atoms with van der Waals surface area (Å²) in [7, 11) is 0. The maximum absolute atomic E-state index is 5.96. The molecule has 1 aromatic rings. The van der Waals surface area contributed by atoms with Gasteiger partial charge in [0.25, 0.3) is 0 Å². The van der Waals surface area contributed by atoms with Crippen molar-refractivity contribution in [2.75, 3.05) is 6.61 Å². The van der Waals surface area contributed by atoms with Crippen molar-refractivity contribution in [2.24, 2.45) is 0 Å². The molecule has 2 heteroatoms. The first-order valence-electron chi connectivity index (χ1n) is 4.16. The van der Waals surface area contributed by atoms with Crippen LogP contribution >= 0.6 is 11.6 Å². The summed E-state index contributed by atoms with van der Waals surface area (Å²) in [6, 6.07) is 5.66. The van der Waals surface area contributed by atoms with Gasteiger partial charge in [0.2, 0.25) is 0 Å². The Labute approximate surface area is 84.0 Å². The number of allylic oxidation sites excluding steroid dienone is 1. The summed E-state index contributed by atoms with van der Waals surface area (Å²) >= 11 is 5.96. The van der Waals surface area contributed by atoms with Crippen LogP contribution in [0.15, 0.2) is 30.9 Å². The summed E-state index contributed by atoms with van der Waals surface area (Å²) < 4.78 is 5.30. The number of hydrogen-bond acceptors (Lipinski definition) is 1. The van der Waals surface area contributed by atoms with Crippen molar-refractivity contribution in [3.8, 4) is 5.75 Å². The lowest BCUT2D eigenvalue weighted by atomic mass is 10.1. The molecule has 0 aromatic heterocycles. The zero-order valence-electron chi connectivity index (χ0n) is 7.59. The third-order valence-electron chi connectivity index (χ3n) is 1.57. The van der Waals surface area contributed by atoms with Gasteiger partial charge >= 0.3 is 0 Å². The minimum absolute atomic E-state index is 0.629. The molecule has 0 N–H and O–H groups in total. The molecule has 0 saturated carbocycles. The van der Waals surface area contributed by atoms with Crippen LogP contribution in [0.5, 0.6) is 5.75 Å². The summed E-state index contributed by atoms with van der Waals surface area (Å²) in [5.41, 5.74) is 1.03. The zero-order chi connectivity index (χ0) is 9.68. The van der Waals surface area contributed by atoms with Crippen LogP contribution in [-0.2, 0) is 0 Å². The lowest BCUT2D eigenvalue weighted by molar-refractivity contribution is 0.340. The first kappa shape index (κ1) is 10.1. The lowest BCUT2D eigenvalue weighted by Gasteiger charge is -2.06. The number of hydrogen-bond donors (Lipinski definition) is 0. The zero-order valence-corrected chi connectivity index (χ0v) is 8.34. The van der Waals surface area contributed by atoms with Crippen molar-refractivity contribution in [3.05, 3.63) is 47.9 Å². The van der Waals surface area contributed by atoms with E-state index in [1.54, 1.807) is 6.08 Å². The standard InChI is InChI=1S/C11H12ClO/c1-3-5-9-6-7-11(13-4-2)10(12)8-9/h3,5-8H,1,4H2,2H3. The molecule has 1 radical (unpaired) electrons. The smallest absolute Gasteiger partial charge is 0.137 e. The Morgan fingerprint density at radius 3 is 2.85 bits per heavy atom. The van der Waals surface area contributed by atoms with E-state index < -0.39 is 0 Å². The summed E-state index contributed by atoms with van der Waals surface area (Å²) in [6.45, 7) is 6.17. The van der Waals surface area contributed by atoms with Crippen LogP contribution in [-0.4, -0.2) is 6.61 Å². The monoisotopic (exact) mass is 195 g/mol. The molecule has 1 rings (SSSR count). The molecule has 0 atom stereocenters. The summed E-state index contributed by atoms with van der Waals surface area (Å²) in [6.07, 6.45) is 3.62. The van der Waals surface area contributed by atoms with E-state index in [2.05, 4.69) is 6.58 Å². The average molecular weight is 196 g/mol. The molecule has 69 valence electrons. The third kappa shape index (κ3) is 2.78. The van der Waals surface area contributed by atoms with E-state index in [0.29, 0.717) is 11.6 Å². The Bertz CT molecular complexity index is 294. The van der Waals surface area contributed by atoms with Gasteiger partial charge in [-0.1, -0.05) is 23.7 Å². The highest BCUT2D eigenvalue weighted by atomic mass is 35.5. The summed E-state index contributed by atoms with van der Waals surface area (Å²) in [5.74, 6) is 0.727. The molecule has 0 amide bonds. The molecular weight excluding hydrogens is 184 g/mol. The second-order valence-electron chi connectivity index (χ2n) is 2.53. The van der Waals surface area contributed by atoms with Gasteiger partial charge in [0, 0.05) is 6.42 Å².